The second-order valence-electron chi connectivity index (χ2n) is 8.42. The Morgan fingerprint density at radius 3 is 2.71 bits per heavy atom. The number of nitrogens with zero attached hydrogens (tertiary/aromatic N) is 2. The normalized spacial score (nSPS) is 20.3. The highest BCUT2D eigenvalue weighted by Gasteiger charge is 2.37. The minimum atomic E-state index is -3.99. The van der Waals surface area contributed by atoms with Gasteiger partial charge in [0, 0.05) is 35.4 Å². The fourth-order valence-corrected chi connectivity index (χ4v) is 6.20. The highest BCUT2D eigenvalue weighted by atomic mass is 35.5. The third-order valence-electron chi connectivity index (χ3n) is 5.99. The topological polar surface area (TPSA) is 160 Å². The number of halogens is 2. The number of hydrogen-bond acceptors (Lipinski definition) is 11. The second kappa shape index (κ2) is 11.8. The predicted octanol–water partition coefficient (Wildman–Crippen LogP) is 2.95. The van der Waals surface area contributed by atoms with E-state index in [1.807, 2.05) is 4.72 Å². The van der Waals surface area contributed by atoms with E-state index in [9.17, 15) is 23.4 Å². The van der Waals surface area contributed by atoms with Gasteiger partial charge in [0.1, 0.15) is 30.1 Å². The van der Waals surface area contributed by atoms with Gasteiger partial charge in [-0.1, -0.05) is 23.2 Å². The summed E-state index contributed by atoms with van der Waals surface area (Å²) in [5.41, 5.74) is 0.825. The molecule has 1 aliphatic carbocycles. The molecule has 1 fully saturated rings. The standard InChI is InChI=1S/C23H24Cl2N4O7S2/c1-26-38(33,34)36-18-7-12(6-16(18)30)29-23-15(9-27-10-28-23)21(32)19-8-14(22(25)37-19)20(31)13-5-11(24)3-4-17(13)35-2/h3-5,8-10,12,16,18,20,26,30-31H,6-7H2,1-2H3,(H,27,28,29)/t12-,16+,18-,20+/m1/s1. The summed E-state index contributed by atoms with van der Waals surface area (Å²) < 4.78 is 36.0. The highest BCUT2D eigenvalue weighted by Crippen LogP contribution is 2.40. The van der Waals surface area contributed by atoms with Gasteiger partial charge in [-0.2, -0.15) is 13.1 Å². The van der Waals surface area contributed by atoms with Crippen molar-refractivity contribution in [3.05, 3.63) is 67.7 Å². The van der Waals surface area contributed by atoms with Gasteiger partial charge in [0.15, 0.2) is 0 Å². The number of anilines is 1. The Bertz CT molecular complexity index is 1440. The van der Waals surface area contributed by atoms with Crippen LogP contribution in [0.25, 0.3) is 0 Å². The number of aliphatic hydroxyl groups excluding tert-OH is 2. The number of carbonyl (C=O) groups is 1. The number of nitrogens with one attached hydrogen (secondary N) is 2. The van der Waals surface area contributed by atoms with Gasteiger partial charge in [-0.15, -0.1) is 11.3 Å². The largest absolute Gasteiger partial charge is 0.496 e. The second-order valence-corrected chi connectivity index (χ2v) is 12.0. The number of thiophene rings is 1. The van der Waals surface area contributed by atoms with Gasteiger partial charge in [-0.3, -0.25) is 8.98 Å². The number of rotatable bonds is 10. The van der Waals surface area contributed by atoms with Crippen molar-refractivity contribution in [1.82, 2.24) is 14.7 Å². The zero-order valence-electron chi connectivity index (χ0n) is 20.1. The molecule has 0 spiro atoms. The summed E-state index contributed by atoms with van der Waals surface area (Å²) in [4.78, 5) is 21.8. The molecule has 0 bridgehead atoms. The predicted molar refractivity (Wildman–Crippen MR) is 142 cm³/mol. The lowest BCUT2D eigenvalue weighted by molar-refractivity contribution is 0.0636. The summed E-state index contributed by atoms with van der Waals surface area (Å²) in [7, 11) is -1.32. The number of carbonyl (C=O) groups excluding carboxylic acids is 1. The van der Waals surface area contributed by atoms with Crippen LogP contribution in [0.1, 0.15) is 45.3 Å². The maximum Gasteiger partial charge on any atom is 0.335 e. The van der Waals surface area contributed by atoms with E-state index in [0.717, 1.165) is 11.3 Å². The average Bonchev–Trinajstić information content (AvgIpc) is 3.44. The van der Waals surface area contributed by atoms with E-state index in [-0.39, 0.29) is 33.4 Å². The molecule has 1 aliphatic rings. The Kier molecular flexibility index (Phi) is 8.89. The van der Waals surface area contributed by atoms with Crippen LogP contribution >= 0.6 is 34.5 Å². The molecule has 0 aliphatic heterocycles. The molecule has 0 amide bonds. The Morgan fingerprint density at radius 2 is 2.00 bits per heavy atom. The van der Waals surface area contributed by atoms with Crippen LogP contribution in [-0.2, 0) is 14.5 Å². The molecule has 15 heteroatoms. The summed E-state index contributed by atoms with van der Waals surface area (Å²) >= 11 is 13.5. The monoisotopic (exact) mass is 602 g/mol. The number of hydrogen-bond donors (Lipinski definition) is 4. The molecule has 2 aromatic heterocycles. The molecule has 0 radical (unpaired) electrons. The highest BCUT2D eigenvalue weighted by molar-refractivity contribution is 7.84. The SMILES string of the molecule is CNS(=O)(=O)O[C@@H]1C[C@H](Nc2ncncc2C(=O)c2cc([C@@H](O)c3cc(Cl)ccc3OC)c(Cl)s2)C[C@@H]1O. The zero-order chi connectivity index (χ0) is 27.6. The van der Waals surface area contributed by atoms with Crippen molar-refractivity contribution in [1.29, 1.82) is 0 Å². The minimum absolute atomic E-state index is 0.133. The van der Waals surface area contributed by atoms with Crippen LogP contribution in [0.4, 0.5) is 5.82 Å². The zero-order valence-corrected chi connectivity index (χ0v) is 23.2. The lowest BCUT2D eigenvalue weighted by Gasteiger charge is -2.16. The van der Waals surface area contributed by atoms with Crippen molar-refractivity contribution in [2.45, 2.75) is 37.2 Å². The Morgan fingerprint density at radius 1 is 1.24 bits per heavy atom. The Hall–Kier alpha value is -2.36. The smallest absolute Gasteiger partial charge is 0.335 e. The van der Waals surface area contributed by atoms with E-state index in [2.05, 4.69) is 15.3 Å². The van der Waals surface area contributed by atoms with Crippen LogP contribution < -0.4 is 14.8 Å². The third kappa shape index (κ3) is 6.26. The number of aliphatic hydroxyl groups is 2. The van der Waals surface area contributed by atoms with Crippen LogP contribution in [0, 0.1) is 0 Å². The summed E-state index contributed by atoms with van der Waals surface area (Å²) in [5.74, 6) is 0.159. The Balaban J connectivity index is 1.55. The fraction of sp³-hybridized carbons (Fsp3) is 0.348. The van der Waals surface area contributed by atoms with E-state index >= 15 is 0 Å². The van der Waals surface area contributed by atoms with E-state index in [1.54, 1.807) is 18.2 Å². The van der Waals surface area contributed by atoms with E-state index in [0.29, 0.717) is 21.9 Å². The molecule has 204 valence electrons. The molecule has 38 heavy (non-hydrogen) atoms. The van der Waals surface area contributed by atoms with Gasteiger partial charge in [-0.05, 0) is 37.1 Å². The molecular weight excluding hydrogens is 579 g/mol. The number of ether oxygens (including phenoxy) is 1. The molecule has 1 saturated carbocycles. The van der Waals surface area contributed by atoms with Gasteiger partial charge in [-0.25, -0.2) is 9.97 Å². The van der Waals surface area contributed by atoms with Crippen LogP contribution in [0.15, 0.2) is 36.8 Å². The molecule has 4 rings (SSSR count). The lowest BCUT2D eigenvalue weighted by atomic mass is 10.0. The molecule has 4 atom stereocenters. The van der Waals surface area contributed by atoms with Crippen LogP contribution in [-0.4, -0.2) is 66.8 Å². The number of benzene rings is 1. The van der Waals surface area contributed by atoms with Crippen molar-refractivity contribution in [2.24, 2.45) is 0 Å². The Labute approximate surface area is 233 Å². The lowest BCUT2D eigenvalue weighted by Crippen LogP contribution is -2.31. The molecule has 3 aromatic rings. The third-order valence-corrected chi connectivity index (χ3v) is 8.61. The first-order valence-corrected chi connectivity index (χ1v) is 14.2. The van der Waals surface area contributed by atoms with Crippen molar-refractivity contribution in [3.63, 3.8) is 0 Å². The van der Waals surface area contributed by atoms with Gasteiger partial charge < -0.3 is 20.3 Å². The maximum atomic E-state index is 13.4. The first-order chi connectivity index (χ1) is 18.0. The van der Waals surface area contributed by atoms with E-state index < -0.39 is 40.4 Å². The first-order valence-electron chi connectivity index (χ1n) is 11.2. The van der Waals surface area contributed by atoms with E-state index in [1.165, 1.54) is 32.7 Å². The van der Waals surface area contributed by atoms with Crippen molar-refractivity contribution in [2.75, 3.05) is 19.5 Å². The van der Waals surface area contributed by atoms with Crippen LogP contribution in [0.5, 0.6) is 5.75 Å². The number of aromatic nitrogens is 2. The number of ketones is 1. The first kappa shape index (κ1) is 28.6. The van der Waals surface area contributed by atoms with Gasteiger partial charge in [0.05, 0.1) is 28.0 Å². The quantitative estimate of drug-likeness (QED) is 0.254. The molecule has 4 N–H and O–H groups in total. The van der Waals surface area contributed by atoms with Gasteiger partial charge >= 0.3 is 10.3 Å². The fourth-order valence-electron chi connectivity index (χ4n) is 4.11. The molecule has 0 unspecified atom stereocenters. The van der Waals surface area contributed by atoms with Gasteiger partial charge in [0.25, 0.3) is 0 Å². The molecule has 1 aromatic carbocycles. The maximum absolute atomic E-state index is 13.4. The molecule has 11 nitrogen and oxygen atoms in total. The van der Waals surface area contributed by atoms with Crippen molar-refractivity contribution in [3.8, 4) is 5.75 Å². The van der Waals surface area contributed by atoms with Crippen molar-refractivity contribution < 1.29 is 32.3 Å². The van der Waals surface area contributed by atoms with Crippen LogP contribution in [0.2, 0.25) is 9.36 Å². The molecular formula is C23H24Cl2N4O7S2. The van der Waals surface area contributed by atoms with Crippen LogP contribution in [0.3, 0.4) is 0 Å². The summed E-state index contributed by atoms with van der Waals surface area (Å²) in [6.07, 6.45) is -0.288. The minimum Gasteiger partial charge on any atom is -0.496 e. The summed E-state index contributed by atoms with van der Waals surface area (Å²) in [5, 5.41) is 24.8. The molecule has 2 heterocycles. The van der Waals surface area contributed by atoms with Gasteiger partial charge in [0.2, 0.25) is 5.78 Å². The molecule has 0 saturated heterocycles. The van der Waals surface area contributed by atoms with Crippen molar-refractivity contribution >= 4 is 56.4 Å². The number of methoxy groups -OCH3 is 1. The average molecular weight is 604 g/mol. The summed E-state index contributed by atoms with van der Waals surface area (Å²) in [6.45, 7) is 0. The van der Waals surface area contributed by atoms with E-state index in [4.69, 9.17) is 32.1 Å². The summed E-state index contributed by atoms with van der Waals surface area (Å²) in [6, 6.07) is 5.87.